The van der Waals surface area contributed by atoms with Crippen molar-refractivity contribution in [3.63, 3.8) is 0 Å². The van der Waals surface area contributed by atoms with Gasteiger partial charge in [0.25, 0.3) is 0 Å². The molecule has 1 amide bonds. The van der Waals surface area contributed by atoms with Crippen molar-refractivity contribution < 1.29 is 9.90 Å². The fourth-order valence-electron chi connectivity index (χ4n) is 2.07. The molecule has 2 aliphatic heterocycles. The van der Waals surface area contributed by atoms with Crippen LogP contribution in [0.1, 0.15) is 12.8 Å². The van der Waals surface area contributed by atoms with E-state index in [4.69, 9.17) is 0 Å². The number of likely N-dealkylation sites (tertiary alicyclic amines) is 1. The fourth-order valence-corrected chi connectivity index (χ4v) is 2.07. The van der Waals surface area contributed by atoms with Crippen molar-refractivity contribution in [3.8, 4) is 0 Å². The SMILES string of the molecule is O=C([C@@H]1CCNC1)N1CC[C@@H](O)C1. The van der Waals surface area contributed by atoms with Crippen LogP contribution < -0.4 is 5.32 Å². The molecule has 2 heterocycles. The van der Waals surface area contributed by atoms with E-state index in [0.717, 1.165) is 32.5 Å². The Morgan fingerprint density at radius 2 is 2.31 bits per heavy atom. The van der Waals surface area contributed by atoms with Crippen molar-refractivity contribution >= 4 is 5.91 Å². The van der Waals surface area contributed by atoms with E-state index in [0.29, 0.717) is 6.54 Å². The van der Waals surface area contributed by atoms with Crippen LogP contribution in [0.25, 0.3) is 0 Å². The van der Waals surface area contributed by atoms with Gasteiger partial charge in [0.1, 0.15) is 0 Å². The first-order valence-corrected chi connectivity index (χ1v) is 4.95. The highest BCUT2D eigenvalue weighted by atomic mass is 16.3. The second-order valence-corrected chi connectivity index (χ2v) is 3.92. The van der Waals surface area contributed by atoms with Gasteiger partial charge in [0.15, 0.2) is 0 Å². The molecule has 0 spiro atoms. The Balaban J connectivity index is 1.89. The molecule has 0 unspecified atom stereocenters. The van der Waals surface area contributed by atoms with E-state index < -0.39 is 0 Å². The minimum Gasteiger partial charge on any atom is -0.391 e. The Morgan fingerprint density at radius 1 is 1.46 bits per heavy atom. The minimum absolute atomic E-state index is 0.158. The largest absolute Gasteiger partial charge is 0.391 e. The van der Waals surface area contributed by atoms with Crippen LogP contribution in [0.3, 0.4) is 0 Å². The first kappa shape index (κ1) is 8.97. The number of hydrogen-bond donors (Lipinski definition) is 2. The molecule has 0 radical (unpaired) electrons. The lowest BCUT2D eigenvalue weighted by molar-refractivity contribution is -0.134. The average Bonchev–Trinajstić information content (AvgIpc) is 2.72. The fraction of sp³-hybridized carbons (Fsp3) is 0.889. The number of aliphatic hydroxyl groups excluding tert-OH is 1. The molecule has 0 aromatic carbocycles. The summed E-state index contributed by atoms with van der Waals surface area (Å²) in [6.45, 7) is 3.03. The van der Waals surface area contributed by atoms with Gasteiger partial charge in [-0.15, -0.1) is 0 Å². The molecule has 74 valence electrons. The van der Waals surface area contributed by atoms with Gasteiger partial charge in [-0.2, -0.15) is 0 Å². The van der Waals surface area contributed by atoms with Crippen molar-refractivity contribution in [3.05, 3.63) is 0 Å². The number of rotatable bonds is 1. The van der Waals surface area contributed by atoms with Crippen molar-refractivity contribution in [2.75, 3.05) is 26.2 Å². The van der Waals surface area contributed by atoms with E-state index in [-0.39, 0.29) is 17.9 Å². The van der Waals surface area contributed by atoms with Gasteiger partial charge in [0.2, 0.25) is 5.91 Å². The predicted octanol–water partition coefficient (Wildman–Crippen LogP) is -0.811. The Labute approximate surface area is 77.9 Å². The number of aliphatic hydroxyl groups is 1. The van der Waals surface area contributed by atoms with E-state index in [1.807, 2.05) is 0 Å². The van der Waals surface area contributed by atoms with E-state index >= 15 is 0 Å². The molecule has 2 N–H and O–H groups in total. The summed E-state index contributed by atoms with van der Waals surface area (Å²) in [5, 5.41) is 12.5. The topological polar surface area (TPSA) is 52.6 Å². The minimum atomic E-state index is -0.293. The van der Waals surface area contributed by atoms with Crippen molar-refractivity contribution in [1.29, 1.82) is 0 Å². The molecule has 0 bridgehead atoms. The summed E-state index contributed by atoms with van der Waals surface area (Å²) in [5.41, 5.74) is 0. The number of nitrogens with zero attached hydrogens (tertiary/aromatic N) is 1. The monoisotopic (exact) mass is 184 g/mol. The molecule has 0 saturated carbocycles. The van der Waals surface area contributed by atoms with Gasteiger partial charge < -0.3 is 15.3 Å². The number of hydrogen-bond acceptors (Lipinski definition) is 3. The number of β-amino-alcohol motifs (C(OH)–C–C–N with tert-alkyl or cyclic N) is 1. The number of amides is 1. The first-order valence-electron chi connectivity index (χ1n) is 4.95. The third kappa shape index (κ3) is 1.84. The summed E-state index contributed by atoms with van der Waals surface area (Å²) < 4.78 is 0. The highest BCUT2D eigenvalue weighted by Crippen LogP contribution is 2.16. The summed E-state index contributed by atoms with van der Waals surface area (Å²) in [5.74, 6) is 0.381. The molecule has 0 aliphatic carbocycles. The van der Waals surface area contributed by atoms with Crippen LogP contribution in [0.4, 0.5) is 0 Å². The molecule has 0 aromatic heterocycles. The number of carbonyl (C=O) groups excluding carboxylic acids is 1. The summed E-state index contributed by atoms with van der Waals surface area (Å²) in [7, 11) is 0. The average molecular weight is 184 g/mol. The van der Waals surface area contributed by atoms with Crippen LogP contribution in [0, 0.1) is 5.92 Å². The quantitative estimate of drug-likeness (QED) is 0.560. The lowest BCUT2D eigenvalue weighted by atomic mass is 10.1. The van der Waals surface area contributed by atoms with Crippen LogP contribution in [-0.2, 0) is 4.79 Å². The first-order chi connectivity index (χ1) is 6.27. The van der Waals surface area contributed by atoms with E-state index in [2.05, 4.69) is 5.32 Å². The molecule has 2 fully saturated rings. The molecule has 2 saturated heterocycles. The molecule has 2 rings (SSSR count). The highest BCUT2D eigenvalue weighted by Gasteiger charge is 2.31. The third-order valence-corrected chi connectivity index (χ3v) is 2.88. The molecule has 4 nitrogen and oxygen atoms in total. The van der Waals surface area contributed by atoms with Gasteiger partial charge >= 0.3 is 0 Å². The predicted molar refractivity (Wildman–Crippen MR) is 48.2 cm³/mol. The molecule has 2 atom stereocenters. The Bertz CT molecular complexity index is 202. The van der Waals surface area contributed by atoms with Gasteiger partial charge in [-0.1, -0.05) is 0 Å². The van der Waals surface area contributed by atoms with Crippen LogP contribution >= 0.6 is 0 Å². The highest BCUT2D eigenvalue weighted by molar-refractivity contribution is 5.79. The smallest absolute Gasteiger partial charge is 0.227 e. The Hall–Kier alpha value is -0.610. The Kier molecular flexibility index (Phi) is 2.51. The molecule has 0 aromatic rings. The van der Waals surface area contributed by atoms with Crippen molar-refractivity contribution in [2.24, 2.45) is 5.92 Å². The zero-order valence-electron chi connectivity index (χ0n) is 7.70. The second-order valence-electron chi connectivity index (χ2n) is 3.92. The summed E-state index contributed by atoms with van der Waals surface area (Å²) in [4.78, 5) is 13.6. The molecular weight excluding hydrogens is 168 g/mol. The lowest BCUT2D eigenvalue weighted by Crippen LogP contribution is -2.35. The normalized spacial score (nSPS) is 34.1. The van der Waals surface area contributed by atoms with Gasteiger partial charge in [0, 0.05) is 19.6 Å². The number of carbonyl (C=O) groups is 1. The third-order valence-electron chi connectivity index (χ3n) is 2.88. The van der Waals surface area contributed by atoms with Crippen molar-refractivity contribution in [1.82, 2.24) is 10.2 Å². The van der Waals surface area contributed by atoms with E-state index in [1.165, 1.54) is 0 Å². The van der Waals surface area contributed by atoms with Crippen molar-refractivity contribution in [2.45, 2.75) is 18.9 Å². The lowest BCUT2D eigenvalue weighted by Gasteiger charge is -2.19. The maximum absolute atomic E-state index is 11.8. The summed E-state index contributed by atoms with van der Waals surface area (Å²) >= 11 is 0. The summed E-state index contributed by atoms with van der Waals surface area (Å²) in [6, 6.07) is 0. The maximum atomic E-state index is 11.8. The molecular formula is C9H16N2O2. The van der Waals surface area contributed by atoms with E-state index in [9.17, 15) is 9.90 Å². The molecule has 4 heteroatoms. The van der Waals surface area contributed by atoms with E-state index in [1.54, 1.807) is 4.90 Å². The molecule has 2 aliphatic rings. The Morgan fingerprint density at radius 3 is 2.85 bits per heavy atom. The van der Waals surface area contributed by atoms with Crippen LogP contribution in [0.5, 0.6) is 0 Å². The van der Waals surface area contributed by atoms with Gasteiger partial charge in [-0.3, -0.25) is 4.79 Å². The molecule has 13 heavy (non-hydrogen) atoms. The van der Waals surface area contributed by atoms with Gasteiger partial charge in [-0.05, 0) is 19.4 Å². The van der Waals surface area contributed by atoms with Gasteiger partial charge in [0.05, 0.1) is 12.0 Å². The number of nitrogens with one attached hydrogen (secondary N) is 1. The maximum Gasteiger partial charge on any atom is 0.227 e. The zero-order chi connectivity index (χ0) is 9.26. The van der Waals surface area contributed by atoms with Gasteiger partial charge in [-0.25, -0.2) is 0 Å². The second kappa shape index (κ2) is 3.64. The zero-order valence-corrected chi connectivity index (χ0v) is 7.70. The summed E-state index contributed by atoms with van der Waals surface area (Å²) in [6.07, 6.45) is 1.40. The van der Waals surface area contributed by atoms with Crippen LogP contribution in [0.2, 0.25) is 0 Å². The standard InChI is InChI=1S/C9H16N2O2/c12-8-2-4-11(6-8)9(13)7-1-3-10-5-7/h7-8,10,12H,1-6H2/t7-,8-/m1/s1. The van der Waals surface area contributed by atoms with Crippen LogP contribution in [-0.4, -0.2) is 48.2 Å². The van der Waals surface area contributed by atoms with Crippen LogP contribution in [0.15, 0.2) is 0 Å².